The monoisotopic (exact) mass is 396 g/mol. The van der Waals surface area contributed by atoms with Crippen LogP contribution >= 0.6 is 11.8 Å². The number of hydrogen-bond acceptors (Lipinski definition) is 5. The van der Waals surface area contributed by atoms with E-state index in [4.69, 9.17) is 4.74 Å². The zero-order valence-corrected chi connectivity index (χ0v) is 16.2. The van der Waals surface area contributed by atoms with Crippen molar-refractivity contribution in [3.05, 3.63) is 54.1 Å². The molecule has 2 aliphatic heterocycles. The van der Waals surface area contributed by atoms with Gasteiger partial charge in [-0.05, 0) is 37.1 Å². The Morgan fingerprint density at radius 1 is 1.21 bits per heavy atom. The molecule has 0 fully saturated rings. The van der Waals surface area contributed by atoms with Crippen LogP contribution in [-0.2, 0) is 25.5 Å². The molecule has 7 heteroatoms. The van der Waals surface area contributed by atoms with Gasteiger partial charge in [0.25, 0.3) is 5.91 Å². The fourth-order valence-electron chi connectivity index (χ4n) is 3.46. The quantitative estimate of drug-likeness (QED) is 0.804. The summed E-state index contributed by atoms with van der Waals surface area (Å²) in [6.07, 6.45) is -0.192. The molecule has 0 saturated carbocycles. The number of thioether (sulfide) groups is 1. The van der Waals surface area contributed by atoms with E-state index in [1.807, 2.05) is 48.5 Å². The van der Waals surface area contributed by atoms with E-state index >= 15 is 0 Å². The van der Waals surface area contributed by atoms with Crippen LogP contribution in [-0.4, -0.2) is 35.7 Å². The minimum atomic E-state index is -0.900. The average molecular weight is 396 g/mol. The van der Waals surface area contributed by atoms with Crippen LogP contribution in [0.3, 0.4) is 0 Å². The first-order valence-electron chi connectivity index (χ1n) is 9.18. The zero-order chi connectivity index (χ0) is 19.7. The number of ether oxygens (including phenoxy) is 1. The first kappa shape index (κ1) is 18.6. The Balaban J connectivity index is 1.36. The van der Waals surface area contributed by atoms with Gasteiger partial charge in [-0.15, -0.1) is 11.8 Å². The number of carbonyl (C=O) groups is 3. The highest BCUT2D eigenvalue weighted by atomic mass is 32.2. The number of rotatable bonds is 4. The van der Waals surface area contributed by atoms with Gasteiger partial charge in [0.15, 0.2) is 6.10 Å². The molecule has 2 aromatic rings. The lowest BCUT2D eigenvalue weighted by Gasteiger charge is -2.25. The van der Waals surface area contributed by atoms with Gasteiger partial charge < -0.3 is 15.0 Å². The highest BCUT2D eigenvalue weighted by Crippen LogP contribution is 2.36. The number of nitrogens with zero attached hydrogens (tertiary/aromatic N) is 1. The molecule has 2 amide bonds. The minimum absolute atomic E-state index is 0.0843. The van der Waals surface area contributed by atoms with Crippen molar-refractivity contribution in [2.24, 2.45) is 0 Å². The van der Waals surface area contributed by atoms with Crippen molar-refractivity contribution in [3.63, 3.8) is 0 Å². The van der Waals surface area contributed by atoms with Crippen molar-refractivity contribution in [1.29, 1.82) is 0 Å². The summed E-state index contributed by atoms with van der Waals surface area (Å²) in [6.45, 7) is 2.16. The lowest BCUT2D eigenvalue weighted by atomic mass is 10.2. The molecule has 0 saturated heterocycles. The molecular weight excluding hydrogens is 376 g/mol. The van der Waals surface area contributed by atoms with Gasteiger partial charge in [-0.2, -0.15) is 0 Å². The summed E-state index contributed by atoms with van der Waals surface area (Å²) in [5.74, 6) is -1.03. The Bertz CT molecular complexity index is 946. The lowest BCUT2D eigenvalue weighted by molar-refractivity contribution is -0.154. The van der Waals surface area contributed by atoms with Crippen molar-refractivity contribution in [2.45, 2.75) is 36.0 Å². The van der Waals surface area contributed by atoms with E-state index in [1.54, 1.807) is 11.8 Å². The van der Waals surface area contributed by atoms with Crippen molar-refractivity contribution in [1.82, 2.24) is 0 Å². The molecule has 0 unspecified atom stereocenters. The third-order valence-corrected chi connectivity index (χ3v) is 6.14. The van der Waals surface area contributed by atoms with Gasteiger partial charge in [-0.25, -0.2) is 0 Å². The molecule has 2 aliphatic rings. The molecule has 4 rings (SSSR count). The summed E-state index contributed by atoms with van der Waals surface area (Å²) in [5, 5.41) is 2.23. The summed E-state index contributed by atoms with van der Waals surface area (Å²) < 4.78 is 5.36. The summed E-state index contributed by atoms with van der Waals surface area (Å²) in [4.78, 5) is 39.9. The number of benzene rings is 2. The topological polar surface area (TPSA) is 75.7 Å². The molecule has 6 nitrogen and oxygen atoms in total. The van der Waals surface area contributed by atoms with Gasteiger partial charge >= 0.3 is 5.97 Å². The zero-order valence-electron chi connectivity index (χ0n) is 15.4. The van der Waals surface area contributed by atoms with Gasteiger partial charge in [0, 0.05) is 17.1 Å². The van der Waals surface area contributed by atoms with E-state index in [9.17, 15) is 14.4 Å². The van der Waals surface area contributed by atoms with E-state index in [0.29, 0.717) is 6.54 Å². The van der Waals surface area contributed by atoms with E-state index in [2.05, 4.69) is 5.32 Å². The van der Waals surface area contributed by atoms with Crippen LogP contribution in [0.25, 0.3) is 0 Å². The molecule has 0 aliphatic carbocycles. The van der Waals surface area contributed by atoms with E-state index in [-0.39, 0.29) is 18.2 Å². The summed E-state index contributed by atoms with van der Waals surface area (Å²) >= 11 is 1.34. The second-order valence-corrected chi connectivity index (χ2v) is 8.04. The second-order valence-electron chi connectivity index (χ2n) is 6.80. The standard InChI is InChI=1S/C21H20N2O4S/c1-13(21(26)23-11-10-14-6-2-4-8-16(14)23)27-19(24)12-18-20(25)22-15-7-3-5-9-17(15)28-18/h2-9,13,18H,10-12H2,1H3,(H,22,25)/t13-,18+/m1/s1. The Labute approximate surface area is 167 Å². The van der Waals surface area contributed by atoms with Crippen LogP contribution < -0.4 is 10.2 Å². The molecule has 28 heavy (non-hydrogen) atoms. The molecule has 2 heterocycles. The third-order valence-electron chi connectivity index (χ3n) is 4.87. The van der Waals surface area contributed by atoms with Crippen LogP contribution in [0.5, 0.6) is 0 Å². The van der Waals surface area contributed by atoms with Gasteiger partial charge in [0.05, 0.1) is 17.4 Å². The van der Waals surface area contributed by atoms with Crippen molar-refractivity contribution >= 4 is 40.9 Å². The predicted octanol–water partition coefficient (Wildman–Crippen LogP) is 3.01. The SMILES string of the molecule is C[C@@H](OC(=O)C[C@@H]1Sc2ccccc2NC1=O)C(=O)N1CCc2ccccc21. The number of carbonyl (C=O) groups excluding carboxylic acids is 3. The van der Waals surface area contributed by atoms with Crippen molar-refractivity contribution < 1.29 is 19.1 Å². The normalized spacial score (nSPS) is 18.7. The molecule has 0 bridgehead atoms. The molecule has 1 N–H and O–H groups in total. The summed E-state index contributed by atoms with van der Waals surface area (Å²) in [5.41, 5.74) is 2.73. The van der Waals surface area contributed by atoms with Gasteiger partial charge in [-0.3, -0.25) is 14.4 Å². The third kappa shape index (κ3) is 3.62. The molecule has 144 valence electrons. The largest absolute Gasteiger partial charge is 0.452 e. The second kappa shape index (κ2) is 7.67. The Kier molecular flexibility index (Phi) is 5.09. The summed E-state index contributed by atoms with van der Waals surface area (Å²) in [7, 11) is 0. The maximum atomic E-state index is 12.7. The molecular formula is C21H20N2O4S. The fourth-order valence-corrected chi connectivity index (χ4v) is 4.56. The van der Waals surface area contributed by atoms with Gasteiger partial charge in [0.2, 0.25) is 5.91 Å². The number of nitrogens with one attached hydrogen (secondary N) is 1. The molecule has 0 spiro atoms. The van der Waals surface area contributed by atoms with Crippen LogP contribution in [0.2, 0.25) is 0 Å². The van der Waals surface area contributed by atoms with Crippen LogP contribution in [0.15, 0.2) is 53.4 Å². The van der Waals surface area contributed by atoms with E-state index < -0.39 is 17.3 Å². The number of amides is 2. The smallest absolute Gasteiger partial charge is 0.308 e. The Morgan fingerprint density at radius 3 is 2.82 bits per heavy atom. The molecule has 2 aromatic carbocycles. The van der Waals surface area contributed by atoms with Gasteiger partial charge in [-0.1, -0.05) is 30.3 Å². The number of anilines is 2. The van der Waals surface area contributed by atoms with Crippen molar-refractivity contribution in [2.75, 3.05) is 16.8 Å². The molecule has 0 radical (unpaired) electrons. The Morgan fingerprint density at radius 2 is 1.96 bits per heavy atom. The highest BCUT2D eigenvalue weighted by Gasteiger charge is 2.33. The van der Waals surface area contributed by atoms with Gasteiger partial charge in [0.1, 0.15) is 0 Å². The van der Waals surface area contributed by atoms with E-state index in [0.717, 1.165) is 28.3 Å². The number of hydrogen-bond donors (Lipinski definition) is 1. The Hall–Kier alpha value is -2.80. The van der Waals surface area contributed by atoms with Crippen molar-refractivity contribution in [3.8, 4) is 0 Å². The maximum absolute atomic E-state index is 12.7. The van der Waals surface area contributed by atoms with Crippen LogP contribution in [0.1, 0.15) is 18.9 Å². The number of esters is 1. The molecule has 2 atom stereocenters. The number of fused-ring (bicyclic) bond motifs is 2. The minimum Gasteiger partial charge on any atom is -0.452 e. The van der Waals surface area contributed by atoms with Crippen LogP contribution in [0.4, 0.5) is 11.4 Å². The van der Waals surface area contributed by atoms with E-state index in [1.165, 1.54) is 11.8 Å². The first-order valence-corrected chi connectivity index (χ1v) is 10.1. The maximum Gasteiger partial charge on any atom is 0.308 e. The molecule has 0 aromatic heterocycles. The number of para-hydroxylation sites is 2. The van der Waals surface area contributed by atoms with Crippen LogP contribution in [0, 0.1) is 0 Å². The summed E-state index contributed by atoms with van der Waals surface area (Å²) in [6, 6.07) is 15.2. The predicted molar refractivity (Wildman–Crippen MR) is 107 cm³/mol. The lowest BCUT2D eigenvalue weighted by Crippen LogP contribution is -2.40. The fraction of sp³-hybridized carbons (Fsp3) is 0.286. The highest BCUT2D eigenvalue weighted by molar-refractivity contribution is 8.01. The average Bonchev–Trinajstić information content (AvgIpc) is 3.12. The first-order chi connectivity index (χ1) is 13.5.